The molecule has 0 bridgehead atoms. The third-order valence-electron chi connectivity index (χ3n) is 4.61. The molecule has 2 unspecified atom stereocenters. The molecular formula is C20H33O2. The summed E-state index contributed by atoms with van der Waals surface area (Å²) in [4.78, 5) is 0. The minimum Gasteiger partial charge on any atom is -0.497 e. The average molecular weight is 305 g/mol. The van der Waals surface area contributed by atoms with Crippen LogP contribution in [0.4, 0.5) is 0 Å². The Morgan fingerprint density at radius 1 is 1.00 bits per heavy atom. The van der Waals surface area contributed by atoms with Crippen LogP contribution in [0.5, 0.6) is 5.75 Å². The van der Waals surface area contributed by atoms with Crippen LogP contribution in [-0.4, -0.2) is 12.7 Å². The molecule has 2 atom stereocenters. The Labute approximate surface area is 136 Å². The van der Waals surface area contributed by atoms with Crippen molar-refractivity contribution in [1.29, 1.82) is 0 Å². The molecule has 2 heteroatoms. The molecule has 125 valence electrons. The van der Waals surface area contributed by atoms with Gasteiger partial charge in [-0.15, -0.1) is 0 Å². The SMILES string of the molecule is CCCCCCCC(C)([O])C(CCC)c1ccc(OC)cc1. The fourth-order valence-electron chi connectivity index (χ4n) is 3.20. The maximum absolute atomic E-state index is 13.1. The predicted octanol–water partition coefficient (Wildman–Crippen LogP) is 6.13. The highest BCUT2D eigenvalue weighted by atomic mass is 16.5. The Kier molecular flexibility index (Phi) is 8.55. The second-order valence-electron chi connectivity index (χ2n) is 6.59. The highest BCUT2D eigenvalue weighted by Gasteiger charge is 2.33. The lowest BCUT2D eigenvalue weighted by Crippen LogP contribution is -2.31. The zero-order valence-electron chi connectivity index (χ0n) is 14.9. The molecule has 0 amide bonds. The minimum atomic E-state index is -0.878. The van der Waals surface area contributed by atoms with Crippen LogP contribution < -0.4 is 4.74 Å². The fraction of sp³-hybridized carbons (Fsp3) is 0.700. The molecule has 0 N–H and O–H groups in total. The topological polar surface area (TPSA) is 29.1 Å². The quantitative estimate of drug-likeness (QED) is 0.452. The molecule has 2 nitrogen and oxygen atoms in total. The summed E-state index contributed by atoms with van der Waals surface area (Å²) in [5.74, 6) is 0.945. The van der Waals surface area contributed by atoms with Crippen LogP contribution in [0.2, 0.25) is 0 Å². The van der Waals surface area contributed by atoms with E-state index in [4.69, 9.17) is 4.74 Å². The van der Waals surface area contributed by atoms with Crippen molar-refractivity contribution < 1.29 is 9.84 Å². The predicted molar refractivity (Wildman–Crippen MR) is 93.1 cm³/mol. The molecule has 0 aromatic heterocycles. The Hall–Kier alpha value is -1.02. The Bertz CT molecular complexity index is 395. The van der Waals surface area contributed by atoms with E-state index in [1.165, 1.54) is 25.7 Å². The van der Waals surface area contributed by atoms with Crippen LogP contribution >= 0.6 is 0 Å². The van der Waals surface area contributed by atoms with Crippen molar-refractivity contribution in [2.45, 2.75) is 83.7 Å². The number of hydrogen-bond acceptors (Lipinski definition) is 1. The Morgan fingerprint density at radius 3 is 2.18 bits per heavy atom. The molecule has 0 saturated heterocycles. The maximum atomic E-state index is 13.1. The van der Waals surface area contributed by atoms with Gasteiger partial charge in [-0.25, -0.2) is 5.11 Å². The molecule has 1 aromatic carbocycles. The van der Waals surface area contributed by atoms with Crippen molar-refractivity contribution in [1.82, 2.24) is 0 Å². The first-order chi connectivity index (χ1) is 10.5. The monoisotopic (exact) mass is 305 g/mol. The highest BCUT2D eigenvalue weighted by molar-refractivity contribution is 5.30. The molecule has 1 rings (SSSR count). The fourth-order valence-corrected chi connectivity index (χ4v) is 3.20. The molecule has 1 aromatic rings. The van der Waals surface area contributed by atoms with Gasteiger partial charge in [-0.05, 0) is 37.5 Å². The Balaban J connectivity index is 2.69. The van der Waals surface area contributed by atoms with E-state index in [1.54, 1.807) is 7.11 Å². The Morgan fingerprint density at radius 2 is 1.64 bits per heavy atom. The average Bonchev–Trinajstić information content (AvgIpc) is 2.52. The number of hydrogen-bond donors (Lipinski definition) is 0. The first-order valence-corrected chi connectivity index (χ1v) is 8.89. The lowest BCUT2D eigenvalue weighted by atomic mass is 9.77. The minimum absolute atomic E-state index is 0.0922. The van der Waals surface area contributed by atoms with Gasteiger partial charge in [0.15, 0.2) is 0 Å². The van der Waals surface area contributed by atoms with Crippen LogP contribution in [0.1, 0.15) is 83.6 Å². The van der Waals surface area contributed by atoms with E-state index in [9.17, 15) is 5.11 Å². The summed E-state index contributed by atoms with van der Waals surface area (Å²) in [6, 6.07) is 8.06. The number of unbranched alkanes of at least 4 members (excludes halogenated alkanes) is 4. The smallest absolute Gasteiger partial charge is 0.118 e. The number of ether oxygens (including phenoxy) is 1. The van der Waals surface area contributed by atoms with E-state index >= 15 is 0 Å². The van der Waals surface area contributed by atoms with Gasteiger partial charge in [0, 0.05) is 5.92 Å². The number of rotatable bonds is 11. The standard InChI is InChI=1S/C20H33O2/c1-5-7-8-9-10-16-20(3,21)19(11-6-2)17-12-14-18(22-4)15-13-17/h12-15,19H,5-11,16H2,1-4H3. The summed E-state index contributed by atoms with van der Waals surface area (Å²) in [7, 11) is 1.67. The zero-order chi connectivity index (χ0) is 16.4. The van der Waals surface area contributed by atoms with Gasteiger partial charge in [0.2, 0.25) is 0 Å². The molecule has 0 heterocycles. The van der Waals surface area contributed by atoms with Crippen LogP contribution in [0.25, 0.3) is 0 Å². The van der Waals surface area contributed by atoms with E-state index in [0.29, 0.717) is 0 Å². The van der Waals surface area contributed by atoms with Gasteiger partial charge >= 0.3 is 0 Å². The normalized spacial score (nSPS) is 15.3. The van der Waals surface area contributed by atoms with Crippen molar-refractivity contribution >= 4 is 0 Å². The van der Waals surface area contributed by atoms with Gasteiger partial charge in [-0.2, -0.15) is 0 Å². The maximum Gasteiger partial charge on any atom is 0.118 e. The van der Waals surface area contributed by atoms with Gasteiger partial charge in [-0.3, -0.25) is 0 Å². The van der Waals surface area contributed by atoms with Crippen LogP contribution in [-0.2, 0) is 5.11 Å². The second kappa shape index (κ2) is 9.89. The van der Waals surface area contributed by atoms with Gasteiger partial charge < -0.3 is 4.74 Å². The molecule has 1 radical (unpaired) electrons. The summed E-state index contributed by atoms with van der Waals surface area (Å²) in [6.07, 6.45) is 8.81. The largest absolute Gasteiger partial charge is 0.497 e. The van der Waals surface area contributed by atoms with E-state index in [0.717, 1.165) is 37.0 Å². The molecular weight excluding hydrogens is 272 g/mol. The molecule has 0 aliphatic heterocycles. The van der Waals surface area contributed by atoms with Gasteiger partial charge in [-0.1, -0.05) is 64.5 Å². The molecule has 0 spiro atoms. The summed E-state index contributed by atoms with van der Waals surface area (Å²) in [6.45, 7) is 6.28. The molecule has 0 aliphatic rings. The first-order valence-electron chi connectivity index (χ1n) is 8.89. The summed E-state index contributed by atoms with van der Waals surface area (Å²) >= 11 is 0. The third-order valence-corrected chi connectivity index (χ3v) is 4.61. The van der Waals surface area contributed by atoms with Crippen molar-refractivity contribution in [3.63, 3.8) is 0 Å². The van der Waals surface area contributed by atoms with E-state index in [2.05, 4.69) is 26.0 Å². The van der Waals surface area contributed by atoms with Crippen LogP contribution in [0.3, 0.4) is 0 Å². The summed E-state index contributed by atoms with van der Waals surface area (Å²) in [5, 5.41) is 13.1. The van der Waals surface area contributed by atoms with Gasteiger partial charge in [0.05, 0.1) is 7.11 Å². The number of benzene rings is 1. The zero-order valence-corrected chi connectivity index (χ0v) is 14.9. The van der Waals surface area contributed by atoms with Crippen LogP contribution in [0, 0.1) is 0 Å². The van der Waals surface area contributed by atoms with Crippen LogP contribution in [0.15, 0.2) is 24.3 Å². The van der Waals surface area contributed by atoms with Gasteiger partial charge in [0.1, 0.15) is 11.4 Å². The highest BCUT2D eigenvalue weighted by Crippen LogP contribution is 2.37. The molecule has 0 fully saturated rings. The second-order valence-corrected chi connectivity index (χ2v) is 6.59. The summed E-state index contributed by atoms with van der Waals surface area (Å²) < 4.78 is 5.22. The van der Waals surface area contributed by atoms with E-state index in [-0.39, 0.29) is 5.92 Å². The third kappa shape index (κ3) is 6.00. The van der Waals surface area contributed by atoms with E-state index in [1.807, 2.05) is 19.1 Å². The molecule has 0 aliphatic carbocycles. The van der Waals surface area contributed by atoms with Crippen molar-refractivity contribution in [3.05, 3.63) is 29.8 Å². The van der Waals surface area contributed by atoms with Crippen molar-refractivity contribution in [2.24, 2.45) is 0 Å². The summed E-state index contributed by atoms with van der Waals surface area (Å²) in [5.41, 5.74) is 0.283. The van der Waals surface area contributed by atoms with Crippen molar-refractivity contribution in [3.8, 4) is 5.75 Å². The van der Waals surface area contributed by atoms with E-state index < -0.39 is 5.60 Å². The lowest BCUT2D eigenvalue weighted by Gasteiger charge is -2.31. The first kappa shape index (κ1) is 19.0. The number of methoxy groups -OCH3 is 1. The lowest BCUT2D eigenvalue weighted by molar-refractivity contribution is -0.0479. The molecule has 0 saturated carbocycles. The van der Waals surface area contributed by atoms with Gasteiger partial charge in [0.25, 0.3) is 0 Å². The molecule has 22 heavy (non-hydrogen) atoms. The van der Waals surface area contributed by atoms with Crippen molar-refractivity contribution in [2.75, 3.05) is 7.11 Å².